The van der Waals surface area contributed by atoms with Gasteiger partial charge in [0.1, 0.15) is 5.75 Å². The van der Waals surface area contributed by atoms with Crippen molar-refractivity contribution in [3.8, 4) is 5.75 Å². The Labute approximate surface area is 178 Å². The van der Waals surface area contributed by atoms with Gasteiger partial charge in [0.25, 0.3) is 5.91 Å². The van der Waals surface area contributed by atoms with E-state index in [1.807, 2.05) is 23.1 Å². The van der Waals surface area contributed by atoms with Crippen LogP contribution in [0.3, 0.4) is 0 Å². The lowest BCUT2D eigenvalue weighted by atomic mass is 9.88. The number of ether oxygens (including phenoxy) is 1. The van der Waals surface area contributed by atoms with Crippen LogP contribution in [0.1, 0.15) is 41.0 Å². The molecule has 0 spiro atoms. The van der Waals surface area contributed by atoms with E-state index in [0.29, 0.717) is 39.8 Å². The number of carbonyl (C=O) groups is 3. The Kier molecular flexibility index (Phi) is 5.02. The van der Waals surface area contributed by atoms with Crippen molar-refractivity contribution in [2.45, 2.75) is 38.1 Å². The first-order valence-corrected chi connectivity index (χ1v) is 11.2. The molecule has 8 heteroatoms. The van der Waals surface area contributed by atoms with E-state index < -0.39 is 0 Å². The number of hydrogen-bond donors (Lipinski definition) is 1. The number of amides is 2. The van der Waals surface area contributed by atoms with E-state index in [0.717, 1.165) is 19.4 Å². The molecule has 0 unspecified atom stereocenters. The van der Waals surface area contributed by atoms with Gasteiger partial charge in [0.2, 0.25) is 5.91 Å². The summed E-state index contributed by atoms with van der Waals surface area (Å²) in [6.07, 6.45) is 4.09. The van der Waals surface area contributed by atoms with Gasteiger partial charge in [0, 0.05) is 25.4 Å². The van der Waals surface area contributed by atoms with Gasteiger partial charge in [-0.15, -0.1) is 0 Å². The molecular weight excluding hydrogens is 402 g/mol. The van der Waals surface area contributed by atoms with Gasteiger partial charge in [0.05, 0.1) is 16.5 Å². The zero-order chi connectivity index (χ0) is 20.7. The van der Waals surface area contributed by atoms with E-state index >= 15 is 0 Å². The maximum atomic E-state index is 13.0. The molecule has 3 aliphatic rings. The minimum Gasteiger partial charge on any atom is -0.484 e. The fraction of sp³-hybridized carbons (Fsp3) is 0.455. The van der Waals surface area contributed by atoms with Crippen molar-refractivity contribution in [1.82, 2.24) is 9.88 Å². The van der Waals surface area contributed by atoms with E-state index in [1.54, 1.807) is 12.1 Å². The Morgan fingerprint density at radius 1 is 1.20 bits per heavy atom. The number of fused-ring (bicyclic) bond motifs is 3. The van der Waals surface area contributed by atoms with Crippen LogP contribution >= 0.6 is 11.3 Å². The number of rotatable bonds is 5. The third kappa shape index (κ3) is 3.71. The van der Waals surface area contributed by atoms with Gasteiger partial charge in [0.15, 0.2) is 17.5 Å². The predicted molar refractivity (Wildman–Crippen MR) is 112 cm³/mol. The molecule has 1 saturated heterocycles. The molecule has 2 amide bonds. The molecule has 1 aromatic heterocycles. The van der Waals surface area contributed by atoms with Gasteiger partial charge in [-0.05, 0) is 37.3 Å². The molecule has 2 aliphatic carbocycles. The van der Waals surface area contributed by atoms with Gasteiger partial charge in [-0.25, -0.2) is 4.98 Å². The average molecular weight is 426 g/mol. The molecular formula is C22H23N3O4S. The van der Waals surface area contributed by atoms with Crippen LogP contribution in [0.15, 0.2) is 30.3 Å². The second kappa shape index (κ2) is 7.83. The zero-order valence-electron chi connectivity index (χ0n) is 16.5. The summed E-state index contributed by atoms with van der Waals surface area (Å²) in [6.45, 7) is 0.696. The number of nitrogens with one attached hydrogen (secondary N) is 1. The van der Waals surface area contributed by atoms with Crippen LogP contribution in [0.25, 0.3) is 0 Å². The van der Waals surface area contributed by atoms with E-state index in [1.165, 1.54) is 17.8 Å². The predicted octanol–water partition coefficient (Wildman–Crippen LogP) is 2.92. The third-order valence-electron chi connectivity index (χ3n) is 6.22. The number of carbonyl (C=O) groups excluding carboxylic acids is 3. The lowest BCUT2D eigenvalue weighted by molar-refractivity contribution is -0.137. The van der Waals surface area contributed by atoms with Gasteiger partial charge in [-0.2, -0.15) is 0 Å². The van der Waals surface area contributed by atoms with Crippen molar-refractivity contribution in [1.29, 1.82) is 0 Å². The Morgan fingerprint density at radius 2 is 2.03 bits per heavy atom. The maximum absolute atomic E-state index is 13.0. The first-order valence-electron chi connectivity index (χ1n) is 10.4. The van der Waals surface area contributed by atoms with Crippen molar-refractivity contribution in [3.05, 3.63) is 40.9 Å². The maximum Gasteiger partial charge on any atom is 0.264 e. The first-order chi connectivity index (χ1) is 14.6. The summed E-state index contributed by atoms with van der Waals surface area (Å²) >= 11 is 1.18. The standard InChI is InChI=1S/C22H23N3O4S/c26-18-10-14(21(28)25-11-13-6-7-15(25)8-13)9-17-20(18)30-22(23-17)24-19(27)12-29-16-4-2-1-3-5-16/h1-5,13-15H,6-12H2,(H,23,24,27)/t13-,14-,15-/m1/s1. The molecule has 2 bridgehead atoms. The molecule has 1 N–H and O–H groups in total. The summed E-state index contributed by atoms with van der Waals surface area (Å²) in [5, 5.41) is 3.09. The molecule has 1 aliphatic heterocycles. The zero-order valence-corrected chi connectivity index (χ0v) is 17.3. The summed E-state index contributed by atoms with van der Waals surface area (Å²) in [5.74, 6) is 0.606. The topological polar surface area (TPSA) is 88.6 Å². The molecule has 30 heavy (non-hydrogen) atoms. The van der Waals surface area contributed by atoms with Gasteiger partial charge >= 0.3 is 0 Å². The Hall–Kier alpha value is -2.74. The van der Waals surface area contributed by atoms with Crippen LogP contribution in [0, 0.1) is 11.8 Å². The summed E-state index contributed by atoms with van der Waals surface area (Å²) < 4.78 is 5.44. The number of para-hydroxylation sites is 1. The number of Topliss-reactive ketones (excluding diaryl/α,β-unsaturated/α-hetero) is 1. The van der Waals surface area contributed by atoms with E-state index in [9.17, 15) is 14.4 Å². The summed E-state index contributed by atoms with van der Waals surface area (Å²) in [6, 6.07) is 9.44. The van der Waals surface area contributed by atoms with Crippen LogP contribution in [-0.4, -0.2) is 46.7 Å². The fourth-order valence-electron chi connectivity index (χ4n) is 4.81. The molecule has 1 saturated carbocycles. The Balaban J connectivity index is 1.22. The van der Waals surface area contributed by atoms with Crippen LogP contribution in [0.2, 0.25) is 0 Å². The SMILES string of the molecule is O=C(COc1ccccc1)Nc1nc2c(s1)C(=O)C[C@H](C(=O)N1C[C@@H]3CC[C@@H]1C3)C2. The van der Waals surface area contributed by atoms with E-state index in [2.05, 4.69) is 10.3 Å². The van der Waals surface area contributed by atoms with Gasteiger partial charge in [-0.3, -0.25) is 19.7 Å². The molecule has 5 rings (SSSR count). The van der Waals surface area contributed by atoms with Gasteiger partial charge < -0.3 is 9.64 Å². The molecule has 2 heterocycles. The smallest absolute Gasteiger partial charge is 0.264 e. The van der Waals surface area contributed by atoms with Crippen molar-refractivity contribution in [3.63, 3.8) is 0 Å². The van der Waals surface area contributed by atoms with E-state index in [-0.39, 0.29) is 36.5 Å². The first kappa shape index (κ1) is 19.2. The number of hydrogen-bond acceptors (Lipinski definition) is 6. The number of likely N-dealkylation sites (tertiary alicyclic amines) is 1. The minimum atomic E-state index is -0.337. The van der Waals surface area contributed by atoms with Crippen LogP contribution in [0.4, 0.5) is 5.13 Å². The molecule has 0 radical (unpaired) electrons. The molecule has 7 nitrogen and oxygen atoms in total. The third-order valence-corrected chi connectivity index (χ3v) is 7.28. The van der Waals surface area contributed by atoms with Crippen molar-refractivity contribution < 1.29 is 19.1 Å². The number of ketones is 1. The quantitative estimate of drug-likeness (QED) is 0.796. The number of nitrogens with zero attached hydrogens (tertiary/aromatic N) is 2. The highest BCUT2D eigenvalue weighted by atomic mass is 32.1. The lowest BCUT2D eigenvalue weighted by Gasteiger charge is -2.31. The average Bonchev–Trinajstić information content (AvgIpc) is 3.48. The van der Waals surface area contributed by atoms with Crippen LogP contribution in [-0.2, 0) is 16.0 Å². The minimum absolute atomic E-state index is 0.0579. The second-order valence-electron chi connectivity index (χ2n) is 8.30. The highest BCUT2D eigenvalue weighted by Crippen LogP contribution is 2.40. The monoisotopic (exact) mass is 425 g/mol. The highest BCUT2D eigenvalue weighted by Gasteiger charge is 2.44. The largest absolute Gasteiger partial charge is 0.484 e. The Morgan fingerprint density at radius 3 is 2.77 bits per heavy atom. The number of piperidine rings is 1. The van der Waals surface area contributed by atoms with Crippen LogP contribution < -0.4 is 10.1 Å². The van der Waals surface area contributed by atoms with Crippen molar-refractivity contribution in [2.24, 2.45) is 11.8 Å². The normalized spacial score (nSPS) is 24.6. The number of thiazole rings is 1. The fourth-order valence-corrected chi connectivity index (χ4v) is 5.77. The molecule has 3 atom stereocenters. The molecule has 156 valence electrons. The van der Waals surface area contributed by atoms with Gasteiger partial charge in [-0.1, -0.05) is 29.5 Å². The molecule has 1 aromatic carbocycles. The number of aromatic nitrogens is 1. The second-order valence-corrected chi connectivity index (χ2v) is 9.30. The Bertz CT molecular complexity index is 990. The van der Waals surface area contributed by atoms with Crippen molar-refractivity contribution in [2.75, 3.05) is 18.5 Å². The molecule has 2 fully saturated rings. The van der Waals surface area contributed by atoms with Crippen molar-refractivity contribution >= 4 is 34.1 Å². The van der Waals surface area contributed by atoms with E-state index in [4.69, 9.17) is 4.74 Å². The summed E-state index contributed by atoms with van der Waals surface area (Å²) in [4.78, 5) is 44.8. The summed E-state index contributed by atoms with van der Waals surface area (Å²) in [5.41, 5.74) is 0.623. The summed E-state index contributed by atoms with van der Waals surface area (Å²) in [7, 11) is 0. The number of benzene rings is 1. The number of anilines is 1. The van der Waals surface area contributed by atoms with Crippen LogP contribution in [0.5, 0.6) is 5.75 Å². The molecule has 2 aromatic rings. The lowest BCUT2D eigenvalue weighted by Crippen LogP contribution is -2.43. The highest BCUT2D eigenvalue weighted by molar-refractivity contribution is 7.17.